The molecule has 14 unspecified atom stereocenters. The third-order valence-electron chi connectivity index (χ3n) is 18.3. The first-order chi connectivity index (χ1) is 47.4. The molecule has 0 saturated carbocycles. The minimum Gasteiger partial charge on any atom is -0.394 e. The van der Waals surface area contributed by atoms with Crippen LogP contribution in [0.3, 0.4) is 0 Å². The topological polar surface area (TPSA) is 533 Å². The second-order valence-electron chi connectivity index (χ2n) is 26.0. The molecule has 19 N–H and O–H groups in total. The molecule has 568 valence electrons. The number of unbranched alkanes of at least 4 members (excludes halogenated alkanes) is 14. The summed E-state index contributed by atoms with van der Waals surface area (Å²) >= 11 is 0. The highest BCUT2D eigenvalue weighted by molar-refractivity contribution is 5.76. The number of hydrogen-bond acceptors (Lipinski definition) is 31. The maximum atomic E-state index is 13.6. The van der Waals surface area contributed by atoms with E-state index in [0.717, 1.165) is 46.0 Å². The average molecular weight is 1430 g/mol. The summed E-state index contributed by atoms with van der Waals surface area (Å²) in [5, 5.41) is 185. The molecule has 3 amide bonds. The van der Waals surface area contributed by atoms with Crippen LogP contribution in [0, 0.1) is 0 Å². The van der Waals surface area contributed by atoms with Crippen LogP contribution in [0.15, 0.2) is 30.5 Å². The van der Waals surface area contributed by atoms with Gasteiger partial charge in [0.25, 0.3) is 0 Å². The van der Waals surface area contributed by atoms with E-state index in [1.807, 2.05) is 0 Å². The van der Waals surface area contributed by atoms with Crippen molar-refractivity contribution < 1.29 is 148 Å². The average Bonchev–Trinajstić information content (AvgIpc) is 0.757. The van der Waals surface area contributed by atoms with E-state index >= 15 is 0 Å². The molecule has 5 fully saturated rings. The summed E-state index contributed by atoms with van der Waals surface area (Å²) in [6.07, 6.45) is -27.7. The quantitative estimate of drug-likeness (QED) is 0.0215. The number of aliphatic hydroxyl groups is 16. The molecule has 0 radical (unpaired) electrons. The second-order valence-corrected chi connectivity index (χ2v) is 26.0. The van der Waals surface area contributed by atoms with Crippen LogP contribution in [0.1, 0.15) is 136 Å². The van der Waals surface area contributed by atoms with Gasteiger partial charge in [0, 0.05) is 32.9 Å². The molecule has 1 aromatic heterocycles. The van der Waals surface area contributed by atoms with Gasteiger partial charge in [-0.05, 0) is 24.6 Å². The smallest absolute Gasteiger partial charge is 0.229 e. The summed E-state index contributed by atoms with van der Waals surface area (Å²) in [7, 11) is 0. The van der Waals surface area contributed by atoms with Gasteiger partial charge >= 0.3 is 0 Å². The molecule has 34 heteroatoms. The highest BCUT2D eigenvalue weighted by Gasteiger charge is 2.60. The summed E-state index contributed by atoms with van der Waals surface area (Å²) in [5.74, 6) is -5.08. The Labute approximate surface area is 574 Å². The SMILES string of the molecule is CCCCCCCCCCCCCCCCCC(=O)N[C@@H](CO[C@@H]1OC(CO)[C@@H](O[C@@H]2OC(CO)[C@H](O[C@@H]3OC(CO)[C@H](O)C(O[C@@H]4OC(CO)[C@H](O)C(O)C4O)C3NC(C)=O)C(O[C@]3(C=O)CC(O)[C@@H](NC(C)=O)C([C@H](O)[C@H](O)CO)O3)C2O)C(O)C1O)[C@H](O)/C=C/c1ccccn1. The molecule has 5 saturated heterocycles. The predicted molar refractivity (Wildman–Crippen MR) is 340 cm³/mol. The van der Waals surface area contributed by atoms with E-state index in [1.165, 1.54) is 76.1 Å². The highest BCUT2D eigenvalue weighted by atomic mass is 16.8. The number of pyridine rings is 1. The van der Waals surface area contributed by atoms with E-state index in [1.54, 1.807) is 18.2 Å². The molecular weight excluding hydrogens is 1320 g/mol. The van der Waals surface area contributed by atoms with Gasteiger partial charge in [-0.15, -0.1) is 0 Å². The van der Waals surface area contributed by atoms with E-state index in [4.69, 9.17) is 47.4 Å². The molecule has 5 aliphatic heterocycles. The Morgan fingerprint density at radius 2 is 1.11 bits per heavy atom. The summed E-state index contributed by atoms with van der Waals surface area (Å²) in [5.41, 5.74) is 0.469. The van der Waals surface area contributed by atoms with Crippen LogP contribution in [0.4, 0.5) is 0 Å². The first kappa shape index (κ1) is 83.9. The van der Waals surface area contributed by atoms with Gasteiger partial charge in [-0.2, -0.15) is 0 Å². The van der Waals surface area contributed by atoms with Gasteiger partial charge in [0.15, 0.2) is 31.4 Å². The molecule has 34 nitrogen and oxygen atoms in total. The Hall–Kier alpha value is -4.07. The molecule has 1 aromatic rings. The van der Waals surface area contributed by atoms with Crippen molar-refractivity contribution in [1.82, 2.24) is 20.9 Å². The van der Waals surface area contributed by atoms with Gasteiger partial charge in [-0.3, -0.25) is 24.2 Å². The molecule has 0 spiro atoms. The summed E-state index contributed by atoms with van der Waals surface area (Å²) in [6, 6.07) is 0.374. The van der Waals surface area contributed by atoms with Crippen LogP contribution in [-0.2, 0) is 66.5 Å². The molecule has 99 heavy (non-hydrogen) atoms. The third kappa shape index (κ3) is 23.7. The summed E-state index contributed by atoms with van der Waals surface area (Å²) < 4.78 is 60.1. The Bertz CT molecular complexity index is 2540. The van der Waals surface area contributed by atoms with Crippen molar-refractivity contribution in [3.63, 3.8) is 0 Å². The van der Waals surface area contributed by atoms with E-state index in [2.05, 4.69) is 27.9 Å². The van der Waals surface area contributed by atoms with E-state index < -0.39 is 235 Å². The predicted octanol–water partition coefficient (Wildman–Crippen LogP) is -5.08. The fourth-order valence-corrected chi connectivity index (χ4v) is 12.8. The number of ether oxygens (including phenoxy) is 10. The number of aliphatic hydroxyl groups excluding tert-OH is 16. The van der Waals surface area contributed by atoms with E-state index in [9.17, 15) is 101 Å². The number of carbonyl (C=O) groups is 4. The first-order valence-corrected chi connectivity index (χ1v) is 34.4. The van der Waals surface area contributed by atoms with Crippen molar-refractivity contribution in [1.29, 1.82) is 0 Å². The van der Waals surface area contributed by atoms with Crippen molar-refractivity contribution in [2.75, 3.05) is 39.6 Å². The minimum absolute atomic E-state index is 0.0711. The number of nitrogens with zero attached hydrogens (tertiary/aromatic N) is 1. The third-order valence-corrected chi connectivity index (χ3v) is 18.3. The van der Waals surface area contributed by atoms with E-state index in [-0.39, 0.29) is 12.7 Å². The van der Waals surface area contributed by atoms with E-state index in [0.29, 0.717) is 12.1 Å². The van der Waals surface area contributed by atoms with Crippen LogP contribution in [0.2, 0.25) is 0 Å². The second kappa shape index (κ2) is 42.0. The lowest BCUT2D eigenvalue weighted by atomic mass is 9.88. The number of rotatable bonds is 41. The molecule has 6 heterocycles. The van der Waals surface area contributed by atoms with Gasteiger partial charge < -0.3 is 145 Å². The number of hydrogen-bond donors (Lipinski definition) is 19. The van der Waals surface area contributed by atoms with Gasteiger partial charge in [-0.1, -0.05) is 109 Å². The van der Waals surface area contributed by atoms with Crippen molar-refractivity contribution in [2.45, 2.75) is 301 Å². The molecular formula is C65H108N4O30. The molecule has 0 aliphatic carbocycles. The number of aldehydes is 1. The van der Waals surface area contributed by atoms with Crippen LogP contribution >= 0.6 is 0 Å². The number of nitrogens with one attached hydrogen (secondary N) is 3. The van der Waals surface area contributed by atoms with Crippen LogP contribution in [-0.4, -0.2) is 321 Å². The normalized spacial score (nSPS) is 36.4. The maximum absolute atomic E-state index is 13.6. The molecule has 28 atom stereocenters. The lowest BCUT2D eigenvalue weighted by Gasteiger charge is -2.52. The first-order valence-electron chi connectivity index (χ1n) is 34.4. The Morgan fingerprint density at radius 1 is 0.596 bits per heavy atom. The number of aromatic nitrogens is 1. The number of amides is 3. The summed E-state index contributed by atoms with van der Waals surface area (Å²) in [4.78, 5) is 56.7. The Morgan fingerprint density at radius 3 is 1.68 bits per heavy atom. The van der Waals surface area contributed by atoms with Gasteiger partial charge in [0.1, 0.15) is 116 Å². The molecule has 0 aromatic carbocycles. The van der Waals surface area contributed by atoms with Crippen LogP contribution < -0.4 is 16.0 Å². The highest BCUT2D eigenvalue weighted by Crippen LogP contribution is 2.40. The van der Waals surface area contributed by atoms with Crippen LogP contribution in [0.5, 0.6) is 0 Å². The Kier molecular flexibility index (Phi) is 35.6. The molecule has 6 rings (SSSR count). The van der Waals surface area contributed by atoms with Crippen molar-refractivity contribution in [2.24, 2.45) is 0 Å². The van der Waals surface area contributed by atoms with Crippen molar-refractivity contribution in [3.8, 4) is 0 Å². The Balaban J connectivity index is 1.23. The van der Waals surface area contributed by atoms with Gasteiger partial charge in [0.2, 0.25) is 23.5 Å². The largest absolute Gasteiger partial charge is 0.394 e. The van der Waals surface area contributed by atoms with Crippen molar-refractivity contribution >= 4 is 30.1 Å². The zero-order valence-electron chi connectivity index (χ0n) is 56.2. The van der Waals surface area contributed by atoms with Gasteiger partial charge in [-0.25, -0.2) is 0 Å². The number of carbonyl (C=O) groups excluding carboxylic acids is 4. The fraction of sp³-hybridized carbons (Fsp3) is 0.831. The molecule has 5 aliphatic rings. The zero-order valence-corrected chi connectivity index (χ0v) is 56.2. The fourth-order valence-electron chi connectivity index (χ4n) is 12.8. The maximum Gasteiger partial charge on any atom is 0.229 e. The van der Waals surface area contributed by atoms with Gasteiger partial charge in [0.05, 0.1) is 69.6 Å². The van der Waals surface area contributed by atoms with Crippen molar-refractivity contribution in [3.05, 3.63) is 36.2 Å². The standard InChI is InChI=1S/C65H108N4O30/c1-4-5-6-7-8-9-10-11-12-13-14-15-16-17-18-22-45(81)69-37(38(78)24-23-36-21-19-20-25-66-36)32-90-62-54(88)52(86)56(43(30-73)93-62)95-64-55(89)60(99-65(33-75)26-39(79)46(67-34(2)76)59(98-65)48(82)40(80)27-70)57(44(31-74)94-64)96-61-47(68-35(3)77)58(50(84)42(29-72)91-61)97-63-53(87)51(85)49(83)41(28-71)92-63/h19-21,23-25,33,37-44,46-64,70-74,78-80,82-89H,4-18,22,26-32H2,1-3H3,(H,67,76)(H,68,77)(H,69,81)/b24-23+/t37-,38+,39?,40+,41?,42?,43?,44?,46+,47?,48+,49-,50-,51?,52?,53?,54?,55?,56+,57-,58?,59?,60?,61-,62+,63-,64-,65-/m0/s1. The lowest BCUT2D eigenvalue weighted by molar-refractivity contribution is -0.400. The zero-order chi connectivity index (χ0) is 72.5. The summed E-state index contributed by atoms with van der Waals surface area (Å²) in [6.45, 7) is -1.72. The monoisotopic (exact) mass is 1420 g/mol. The molecule has 0 bridgehead atoms. The van der Waals surface area contributed by atoms with Crippen LogP contribution in [0.25, 0.3) is 6.08 Å². The lowest BCUT2D eigenvalue weighted by Crippen LogP contribution is -2.71. The minimum atomic E-state index is -2.94.